The smallest absolute Gasteiger partial charge is 0.491 e. The lowest BCUT2D eigenvalue weighted by Gasteiger charge is -2.25. The number of rotatable bonds is 3. The molecule has 4 rings (SSSR count). The Morgan fingerprint density at radius 1 is 1.16 bits per heavy atom. The van der Waals surface area contributed by atoms with Crippen LogP contribution in [-0.2, 0) is 0 Å². The molecule has 0 bridgehead atoms. The fourth-order valence-corrected chi connectivity index (χ4v) is 2.80. The van der Waals surface area contributed by atoms with Gasteiger partial charge in [-0.05, 0) is 30.3 Å². The van der Waals surface area contributed by atoms with E-state index in [9.17, 15) is 27.2 Å². The first-order chi connectivity index (χ1) is 15.2. The number of benzene rings is 1. The van der Waals surface area contributed by atoms with Crippen molar-refractivity contribution in [2.45, 2.75) is 18.8 Å². The van der Waals surface area contributed by atoms with Crippen LogP contribution in [-0.4, -0.2) is 28.8 Å². The number of hydrogen-bond donors (Lipinski definition) is 2. The van der Waals surface area contributed by atoms with Gasteiger partial charge in [0, 0.05) is 24.9 Å². The Labute approximate surface area is 179 Å². The molecule has 2 N–H and O–H groups in total. The number of alkyl halides is 3. The molecule has 7 nitrogen and oxygen atoms in total. The fraction of sp³-hybridized carbons (Fsp3) is 0.190. The number of nitrogens with zero attached hydrogens (tertiary/aromatic N) is 1. The van der Waals surface area contributed by atoms with Gasteiger partial charge >= 0.3 is 6.36 Å². The molecule has 11 heteroatoms. The molecular formula is C21H17F4N3O4. The van der Waals surface area contributed by atoms with Crippen LogP contribution in [0.4, 0.5) is 17.6 Å². The van der Waals surface area contributed by atoms with Crippen molar-refractivity contribution in [2.75, 3.05) is 6.61 Å². The number of halogens is 4. The molecule has 3 heterocycles. The number of carbonyl (C=O) groups is 1. The molecular weight excluding hydrogens is 434 g/mol. The maximum atomic E-state index is 12.5. The third kappa shape index (κ3) is 6.30. The highest BCUT2D eigenvalue weighted by Crippen LogP contribution is 2.29. The fourth-order valence-electron chi connectivity index (χ4n) is 2.80. The van der Waals surface area contributed by atoms with Gasteiger partial charge < -0.3 is 19.8 Å². The molecule has 0 radical (unpaired) electrons. The van der Waals surface area contributed by atoms with Crippen LogP contribution in [0.2, 0.25) is 0 Å². The minimum absolute atomic E-state index is 0.181. The molecule has 168 valence electrons. The number of hydrogen-bond acceptors (Lipinski definition) is 5. The number of nitrogens with one attached hydrogen (secondary N) is 2. The van der Waals surface area contributed by atoms with E-state index in [1.54, 1.807) is 12.3 Å². The molecule has 0 spiro atoms. The number of carbonyl (C=O) groups excluding carboxylic acids is 1. The first kappa shape index (κ1) is 22.8. The van der Waals surface area contributed by atoms with E-state index in [0.717, 1.165) is 17.8 Å². The molecule has 0 saturated heterocycles. The summed E-state index contributed by atoms with van der Waals surface area (Å²) in [7, 11) is 0. The van der Waals surface area contributed by atoms with Crippen molar-refractivity contribution in [3.05, 3.63) is 88.4 Å². The Morgan fingerprint density at radius 3 is 2.62 bits per heavy atom. The molecule has 2 aromatic heterocycles. The first-order valence-electron chi connectivity index (χ1n) is 9.30. The highest BCUT2D eigenvalue weighted by molar-refractivity contribution is 5.94. The minimum atomic E-state index is -4.85. The summed E-state index contributed by atoms with van der Waals surface area (Å²) in [6, 6.07) is 10.6. The summed E-state index contributed by atoms with van der Waals surface area (Å²) in [6.07, 6.45) is -1.11. The highest BCUT2D eigenvalue weighted by Gasteiger charge is 2.32. The van der Waals surface area contributed by atoms with Gasteiger partial charge in [0.1, 0.15) is 11.4 Å². The number of aromatic amines is 1. The number of amides is 1. The van der Waals surface area contributed by atoms with Gasteiger partial charge in [0.15, 0.2) is 11.6 Å². The third-order valence-corrected chi connectivity index (χ3v) is 4.21. The van der Waals surface area contributed by atoms with Crippen LogP contribution >= 0.6 is 0 Å². The minimum Gasteiger partial charge on any atom is -0.491 e. The van der Waals surface area contributed by atoms with Crippen molar-refractivity contribution in [1.82, 2.24) is 15.3 Å². The summed E-state index contributed by atoms with van der Waals surface area (Å²) in [5.74, 6) is -1.39. The standard InChI is InChI=1S/C14H13N3O3.C7H4F4O/c18-12-4-3-9(8-16-12)14(19)17-10-5-7-20-11-2-1-6-15-13(10)11;8-5-3-1-2-4-6(5)12-7(9,10)11/h1-4,6,8,10H,5,7H2,(H,16,18)(H,17,19);1-4H. The van der Waals surface area contributed by atoms with Crippen LogP contribution in [0.5, 0.6) is 11.5 Å². The molecule has 1 unspecified atom stereocenters. The summed E-state index contributed by atoms with van der Waals surface area (Å²) in [6.45, 7) is 0.537. The normalized spacial score (nSPS) is 14.8. The van der Waals surface area contributed by atoms with Gasteiger partial charge in [-0.25, -0.2) is 4.39 Å². The lowest BCUT2D eigenvalue weighted by atomic mass is 10.1. The van der Waals surface area contributed by atoms with E-state index in [2.05, 4.69) is 20.0 Å². The largest absolute Gasteiger partial charge is 0.573 e. The lowest BCUT2D eigenvalue weighted by Crippen LogP contribution is -2.33. The second-order valence-corrected chi connectivity index (χ2v) is 6.47. The van der Waals surface area contributed by atoms with Crippen molar-refractivity contribution < 1.29 is 31.8 Å². The number of aromatic nitrogens is 2. The van der Waals surface area contributed by atoms with E-state index in [-0.39, 0.29) is 17.5 Å². The van der Waals surface area contributed by atoms with E-state index in [0.29, 0.717) is 24.3 Å². The van der Waals surface area contributed by atoms with Crippen molar-refractivity contribution >= 4 is 5.91 Å². The van der Waals surface area contributed by atoms with Gasteiger partial charge in [0.25, 0.3) is 5.91 Å². The van der Waals surface area contributed by atoms with E-state index in [4.69, 9.17) is 4.74 Å². The zero-order valence-electron chi connectivity index (χ0n) is 16.4. The predicted octanol–water partition coefficient (Wildman–Crippen LogP) is 3.75. The molecule has 32 heavy (non-hydrogen) atoms. The number of fused-ring (bicyclic) bond motifs is 1. The number of ether oxygens (including phenoxy) is 2. The Balaban J connectivity index is 0.000000207. The first-order valence-corrected chi connectivity index (χ1v) is 9.30. The van der Waals surface area contributed by atoms with Gasteiger partial charge in [0.05, 0.1) is 18.2 Å². The average Bonchev–Trinajstić information content (AvgIpc) is 2.76. The van der Waals surface area contributed by atoms with E-state index in [1.165, 1.54) is 30.5 Å². The van der Waals surface area contributed by atoms with E-state index in [1.807, 2.05) is 6.07 Å². The van der Waals surface area contributed by atoms with Crippen molar-refractivity contribution in [1.29, 1.82) is 0 Å². The maximum Gasteiger partial charge on any atom is 0.573 e. The topological polar surface area (TPSA) is 93.3 Å². The molecule has 0 aliphatic carbocycles. The summed E-state index contributed by atoms with van der Waals surface area (Å²) in [4.78, 5) is 29.9. The Hall–Kier alpha value is -3.89. The van der Waals surface area contributed by atoms with Crippen LogP contribution in [0.1, 0.15) is 28.5 Å². The number of H-pyrrole nitrogens is 1. The van der Waals surface area contributed by atoms with Gasteiger partial charge in [-0.2, -0.15) is 0 Å². The van der Waals surface area contributed by atoms with Gasteiger partial charge in [0.2, 0.25) is 5.56 Å². The second kappa shape index (κ2) is 9.94. The molecule has 1 atom stereocenters. The van der Waals surface area contributed by atoms with E-state index >= 15 is 0 Å². The quantitative estimate of drug-likeness (QED) is 0.592. The van der Waals surface area contributed by atoms with Crippen LogP contribution in [0.25, 0.3) is 0 Å². The summed E-state index contributed by atoms with van der Waals surface area (Å²) in [5.41, 5.74) is 0.907. The number of pyridine rings is 2. The highest BCUT2D eigenvalue weighted by atomic mass is 19.4. The molecule has 1 aliphatic heterocycles. The SMILES string of the molecule is Fc1ccccc1OC(F)(F)F.O=C(NC1CCOc2cccnc21)c1ccc(=O)[nH]c1. The molecule has 1 aromatic carbocycles. The maximum absolute atomic E-state index is 12.5. The van der Waals surface area contributed by atoms with Crippen molar-refractivity contribution in [2.24, 2.45) is 0 Å². The van der Waals surface area contributed by atoms with Gasteiger partial charge in [-0.1, -0.05) is 12.1 Å². The molecule has 3 aromatic rings. The van der Waals surface area contributed by atoms with Crippen molar-refractivity contribution in [3.8, 4) is 11.5 Å². The Bertz CT molecular complexity index is 1110. The third-order valence-electron chi connectivity index (χ3n) is 4.21. The molecule has 1 amide bonds. The average molecular weight is 451 g/mol. The monoisotopic (exact) mass is 451 g/mol. The Kier molecular flexibility index (Phi) is 7.08. The Morgan fingerprint density at radius 2 is 1.94 bits per heavy atom. The zero-order valence-corrected chi connectivity index (χ0v) is 16.4. The summed E-state index contributed by atoms with van der Waals surface area (Å²) >= 11 is 0. The van der Waals surface area contributed by atoms with Crippen molar-refractivity contribution in [3.63, 3.8) is 0 Å². The predicted molar refractivity (Wildman–Crippen MR) is 105 cm³/mol. The van der Waals surface area contributed by atoms with Crippen LogP contribution in [0.3, 0.4) is 0 Å². The molecule has 0 saturated carbocycles. The molecule has 1 aliphatic rings. The lowest BCUT2D eigenvalue weighted by molar-refractivity contribution is -0.275. The number of para-hydroxylation sites is 1. The van der Waals surface area contributed by atoms with Crippen LogP contribution in [0, 0.1) is 5.82 Å². The van der Waals surface area contributed by atoms with Crippen LogP contribution in [0.15, 0.2) is 65.7 Å². The second-order valence-electron chi connectivity index (χ2n) is 6.47. The van der Waals surface area contributed by atoms with E-state index < -0.39 is 17.9 Å². The van der Waals surface area contributed by atoms with Gasteiger partial charge in [-0.3, -0.25) is 14.6 Å². The zero-order chi connectivity index (χ0) is 23.1. The summed E-state index contributed by atoms with van der Waals surface area (Å²) in [5, 5.41) is 2.91. The van der Waals surface area contributed by atoms with Gasteiger partial charge in [-0.15, -0.1) is 13.2 Å². The van der Waals surface area contributed by atoms with Crippen LogP contribution < -0.4 is 20.3 Å². The molecule has 0 fully saturated rings. The summed E-state index contributed by atoms with van der Waals surface area (Å²) < 4.78 is 55.9.